The Balaban J connectivity index is 1.55. The zero-order valence-corrected chi connectivity index (χ0v) is 16.6. The second-order valence-corrected chi connectivity index (χ2v) is 8.04. The molecule has 0 aliphatic carbocycles. The molecule has 2 nitrogen and oxygen atoms in total. The van der Waals surface area contributed by atoms with Gasteiger partial charge in [0.25, 0.3) is 0 Å². The van der Waals surface area contributed by atoms with E-state index in [0.29, 0.717) is 5.56 Å². The molecule has 0 aliphatic rings. The van der Waals surface area contributed by atoms with E-state index >= 15 is 0 Å². The largest absolute Gasteiger partial charge is 0.240 e. The molecule has 0 amide bonds. The number of nitrogens with zero attached hydrogens (tertiary/aromatic N) is 2. The number of benzene rings is 3. The molecule has 0 spiro atoms. The lowest BCUT2D eigenvalue weighted by Crippen LogP contribution is -2.08. The summed E-state index contributed by atoms with van der Waals surface area (Å²) in [5.41, 5.74) is 5.66. The third-order valence-electron chi connectivity index (χ3n) is 4.56. The number of rotatable bonds is 4. The predicted octanol–water partition coefficient (Wildman–Crippen LogP) is 6.79. The fourth-order valence-electron chi connectivity index (χ4n) is 3.23. The van der Waals surface area contributed by atoms with Gasteiger partial charge in [0.05, 0.1) is 11.9 Å². The maximum absolute atomic E-state index is 8.44. The molecular weight excluding hydrogens is 340 g/mol. The van der Waals surface area contributed by atoms with E-state index < -0.39 is 11.8 Å². The van der Waals surface area contributed by atoms with Crippen LogP contribution in [0, 0.1) is 5.41 Å². The number of hydrogen-bond acceptors (Lipinski definition) is 1. The van der Waals surface area contributed by atoms with E-state index in [2.05, 4.69) is 29.4 Å². The van der Waals surface area contributed by atoms with Gasteiger partial charge in [0.2, 0.25) is 0 Å². The van der Waals surface area contributed by atoms with Gasteiger partial charge >= 0.3 is 0 Å². The molecule has 1 heterocycles. The number of para-hydroxylation sites is 1. The molecule has 0 saturated carbocycles. The Labute approximate surface area is 170 Å². The summed E-state index contributed by atoms with van der Waals surface area (Å²) < 4.78 is 18.8. The minimum Gasteiger partial charge on any atom is -0.240 e. The van der Waals surface area contributed by atoms with Crippen LogP contribution in [0.1, 0.15) is 29.1 Å². The van der Waals surface area contributed by atoms with Crippen molar-refractivity contribution in [2.75, 3.05) is 0 Å². The Hall–Kier alpha value is -3.13. The van der Waals surface area contributed by atoms with E-state index in [9.17, 15) is 0 Å². The number of hydrogen-bond donors (Lipinski definition) is 0. The average Bonchev–Trinajstić information content (AvgIpc) is 3.24. The molecule has 140 valence electrons. The summed E-state index contributed by atoms with van der Waals surface area (Å²) in [7, 11) is 0. The van der Waals surface area contributed by atoms with E-state index in [1.807, 2.05) is 92.4 Å². The van der Waals surface area contributed by atoms with Crippen LogP contribution in [-0.4, -0.2) is 9.78 Å². The fraction of sp³-hybridized carbons (Fsp3) is 0.192. The summed E-state index contributed by atoms with van der Waals surface area (Å²) in [4.78, 5) is 0. The first-order valence-corrected chi connectivity index (χ1v) is 9.57. The van der Waals surface area contributed by atoms with Crippen molar-refractivity contribution < 1.29 is 2.74 Å². The molecule has 0 radical (unpaired) electrons. The van der Waals surface area contributed by atoms with Gasteiger partial charge in [-0.25, -0.2) is 4.68 Å². The van der Waals surface area contributed by atoms with Crippen molar-refractivity contribution >= 4 is 0 Å². The van der Waals surface area contributed by atoms with Crippen LogP contribution in [0.4, 0.5) is 0 Å². The lowest BCUT2D eigenvalue weighted by Gasteiger charge is -2.18. The monoisotopic (exact) mass is 368 g/mol. The van der Waals surface area contributed by atoms with Crippen molar-refractivity contribution in [2.45, 2.75) is 27.1 Å². The van der Waals surface area contributed by atoms with Crippen molar-refractivity contribution in [1.82, 2.24) is 9.78 Å². The molecule has 0 unspecified atom stereocenters. The standard InChI is InChI=1S/C26H26N2/c1-26(2,3)17-20-9-11-21(12-10-20)22-13-15-23(16-14-22)24-18-27-28(19-24)25-7-5-4-6-8-25/h4-16,18-19H,17H2,1-3H3/i17D2. The van der Waals surface area contributed by atoms with Crippen molar-refractivity contribution in [2.24, 2.45) is 5.41 Å². The summed E-state index contributed by atoms with van der Waals surface area (Å²) >= 11 is 0. The van der Waals surface area contributed by atoms with Gasteiger partial charge in [-0.15, -0.1) is 0 Å². The van der Waals surface area contributed by atoms with E-state index in [4.69, 9.17) is 2.74 Å². The van der Waals surface area contributed by atoms with Crippen molar-refractivity contribution in [3.05, 3.63) is 96.8 Å². The Morgan fingerprint density at radius 3 is 1.86 bits per heavy atom. The summed E-state index contributed by atoms with van der Waals surface area (Å²) in [5.74, 6) is 0. The summed E-state index contributed by atoms with van der Waals surface area (Å²) in [6.45, 7) is 5.79. The van der Waals surface area contributed by atoms with Crippen LogP contribution in [0.15, 0.2) is 91.3 Å². The van der Waals surface area contributed by atoms with Gasteiger partial charge in [-0.05, 0) is 46.2 Å². The third-order valence-corrected chi connectivity index (χ3v) is 4.56. The second-order valence-electron chi connectivity index (χ2n) is 8.04. The molecule has 0 fully saturated rings. The highest BCUT2D eigenvalue weighted by molar-refractivity contribution is 5.70. The van der Waals surface area contributed by atoms with Gasteiger partial charge in [0, 0.05) is 14.5 Å². The summed E-state index contributed by atoms with van der Waals surface area (Å²) in [6, 6.07) is 26.3. The molecule has 0 bridgehead atoms. The van der Waals surface area contributed by atoms with Crippen LogP contribution < -0.4 is 0 Å². The zero-order chi connectivity index (χ0) is 21.4. The van der Waals surface area contributed by atoms with Gasteiger partial charge in [-0.3, -0.25) is 0 Å². The average molecular weight is 369 g/mol. The molecule has 1 aromatic heterocycles. The maximum Gasteiger partial charge on any atom is 0.0645 e. The lowest BCUT2D eigenvalue weighted by atomic mass is 9.87. The predicted molar refractivity (Wildman–Crippen MR) is 118 cm³/mol. The van der Waals surface area contributed by atoms with Crippen LogP contribution in [0.3, 0.4) is 0 Å². The first-order chi connectivity index (χ1) is 14.3. The zero-order valence-electron chi connectivity index (χ0n) is 18.6. The van der Waals surface area contributed by atoms with Gasteiger partial charge in [-0.1, -0.05) is 87.5 Å². The van der Waals surface area contributed by atoms with E-state index in [-0.39, 0.29) is 0 Å². The van der Waals surface area contributed by atoms with Gasteiger partial charge in [0.15, 0.2) is 0 Å². The molecule has 0 atom stereocenters. The Morgan fingerprint density at radius 1 is 0.750 bits per heavy atom. The first kappa shape index (κ1) is 15.9. The smallest absolute Gasteiger partial charge is 0.0645 e. The maximum atomic E-state index is 8.44. The van der Waals surface area contributed by atoms with Gasteiger partial charge in [-0.2, -0.15) is 5.10 Å². The second kappa shape index (κ2) is 7.47. The summed E-state index contributed by atoms with van der Waals surface area (Å²) in [5, 5.41) is 4.48. The van der Waals surface area contributed by atoms with Crippen molar-refractivity contribution in [3.63, 3.8) is 0 Å². The van der Waals surface area contributed by atoms with E-state index in [1.165, 1.54) is 0 Å². The van der Waals surface area contributed by atoms with Gasteiger partial charge < -0.3 is 0 Å². The Morgan fingerprint density at radius 2 is 1.29 bits per heavy atom. The van der Waals surface area contributed by atoms with Crippen LogP contribution in [0.25, 0.3) is 27.9 Å². The molecule has 3 aromatic carbocycles. The topological polar surface area (TPSA) is 17.8 Å². The number of aromatic nitrogens is 2. The molecule has 4 aromatic rings. The molecule has 2 heteroatoms. The van der Waals surface area contributed by atoms with Crippen LogP contribution >= 0.6 is 0 Å². The molecular formula is C26H26N2. The van der Waals surface area contributed by atoms with E-state index in [1.54, 1.807) is 0 Å². The summed E-state index contributed by atoms with van der Waals surface area (Å²) in [6.07, 6.45) is 2.54. The highest BCUT2D eigenvalue weighted by atomic mass is 15.3. The molecule has 4 rings (SSSR count). The first-order valence-electron chi connectivity index (χ1n) is 10.6. The quantitative estimate of drug-likeness (QED) is 0.387. The normalized spacial score (nSPS) is 13.1. The molecule has 0 N–H and O–H groups in total. The Kier molecular flexibility index (Phi) is 4.24. The highest BCUT2D eigenvalue weighted by Crippen LogP contribution is 2.27. The fourth-order valence-corrected chi connectivity index (χ4v) is 3.23. The molecule has 0 aliphatic heterocycles. The van der Waals surface area contributed by atoms with Crippen molar-refractivity contribution in [3.8, 4) is 27.9 Å². The van der Waals surface area contributed by atoms with Crippen LogP contribution in [-0.2, 0) is 6.37 Å². The minimum absolute atomic E-state index is 0.458. The third kappa shape index (κ3) is 4.23. The minimum atomic E-state index is -1.38. The Bertz CT molecular complexity index is 1120. The lowest BCUT2D eigenvalue weighted by molar-refractivity contribution is 0.411. The molecule has 28 heavy (non-hydrogen) atoms. The van der Waals surface area contributed by atoms with Crippen LogP contribution in [0.5, 0.6) is 0 Å². The molecule has 0 saturated heterocycles. The van der Waals surface area contributed by atoms with Crippen molar-refractivity contribution in [1.29, 1.82) is 0 Å². The van der Waals surface area contributed by atoms with E-state index in [0.717, 1.165) is 27.9 Å². The highest BCUT2D eigenvalue weighted by Gasteiger charge is 2.11. The SMILES string of the molecule is [2H]C([2H])(c1ccc(-c2ccc(-c3cnn(-c4ccccc4)c3)cc2)cc1)C(C)(C)C. The van der Waals surface area contributed by atoms with Gasteiger partial charge in [0.1, 0.15) is 0 Å². The van der Waals surface area contributed by atoms with Crippen LogP contribution in [0.2, 0.25) is 0 Å².